The topological polar surface area (TPSA) is 64.2 Å². The van der Waals surface area contributed by atoms with Crippen LogP contribution in [0.15, 0.2) is 24.3 Å². The number of nitrogens with zero attached hydrogens (tertiary/aromatic N) is 1. The lowest BCUT2D eigenvalue weighted by molar-refractivity contribution is -0.0568. The molecular formula is C18H23NO2. The molecular weight excluding hydrogens is 262 g/mol. The summed E-state index contributed by atoms with van der Waals surface area (Å²) in [6.07, 6.45) is 3.45. The highest BCUT2D eigenvalue weighted by atomic mass is 16.3. The van der Waals surface area contributed by atoms with Crippen LogP contribution < -0.4 is 0 Å². The normalized spacial score (nSPS) is 39.3. The van der Waals surface area contributed by atoms with E-state index in [0.717, 1.165) is 31.2 Å². The molecule has 2 aliphatic rings. The van der Waals surface area contributed by atoms with Crippen LogP contribution in [0.25, 0.3) is 0 Å². The second-order valence-corrected chi connectivity index (χ2v) is 6.91. The summed E-state index contributed by atoms with van der Waals surface area (Å²) in [5, 5.41) is 30.4. The lowest BCUT2D eigenvalue weighted by atomic mass is 9.59. The van der Waals surface area contributed by atoms with Crippen molar-refractivity contribution in [1.82, 2.24) is 0 Å². The van der Waals surface area contributed by atoms with Gasteiger partial charge in [0.2, 0.25) is 0 Å². The summed E-state index contributed by atoms with van der Waals surface area (Å²) < 4.78 is 0. The number of hydrogen-bond donors (Lipinski definition) is 2. The Morgan fingerprint density at radius 2 is 1.71 bits per heavy atom. The molecule has 3 nitrogen and oxygen atoms in total. The molecule has 3 heteroatoms. The van der Waals surface area contributed by atoms with Crippen LogP contribution >= 0.6 is 0 Å². The maximum atomic E-state index is 10.3. The van der Waals surface area contributed by atoms with Crippen molar-refractivity contribution < 1.29 is 10.2 Å². The molecule has 1 aromatic carbocycles. The van der Waals surface area contributed by atoms with Gasteiger partial charge in [-0.15, -0.1) is 0 Å². The van der Waals surface area contributed by atoms with Crippen molar-refractivity contribution in [2.45, 2.75) is 63.1 Å². The minimum Gasteiger partial charge on any atom is -0.392 e. The van der Waals surface area contributed by atoms with Crippen LogP contribution in [0.4, 0.5) is 0 Å². The first-order valence-electron chi connectivity index (χ1n) is 7.87. The summed E-state index contributed by atoms with van der Waals surface area (Å²) in [6, 6.07) is 10.7. The predicted octanol–water partition coefficient (Wildman–Crippen LogP) is 2.83. The Balaban J connectivity index is 1.87. The van der Waals surface area contributed by atoms with Gasteiger partial charge < -0.3 is 10.2 Å². The third-order valence-electron chi connectivity index (χ3n) is 5.86. The minimum absolute atomic E-state index is 0.371. The van der Waals surface area contributed by atoms with Crippen molar-refractivity contribution in [2.24, 2.45) is 5.41 Å². The summed E-state index contributed by atoms with van der Waals surface area (Å²) in [6.45, 7) is 2.05. The molecule has 0 heterocycles. The highest BCUT2D eigenvalue weighted by Crippen LogP contribution is 2.54. The minimum atomic E-state index is -0.459. The van der Waals surface area contributed by atoms with E-state index in [4.69, 9.17) is 0 Å². The van der Waals surface area contributed by atoms with Crippen molar-refractivity contribution in [3.05, 3.63) is 35.4 Å². The zero-order chi connectivity index (χ0) is 15.1. The van der Waals surface area contributed by atoms with Gasteiger partial charge in [-0.05, 0) is 51.0 Å². The molecule has 0 radical (unpaired) electrons. The van der Waals surface area contributed by atoms with Crippen molar-refractivity contribution in [3.8, 4) is 6.07 Å². The fourth-order valence-corrected chi connectivity index (χ4v) is 4.33. The monoisotopic (exact) mass is 285 g/mol. The van der Waals surface area contributed by atoms with Crippen LogP contribution in [-0.4, -0.2) is 22.4 Å². The van der Waals surface area contributed by atoms with E-state index in [1.165, 1.54) is 5.56 Å². The molecule has 2 saturated carbocycles. The van der Waals surface area contributed by atoms with Gasteiger partial charge in [-0.25, -0.2) is 0 Å². The van der Waals surface area contributed by atoms with E-state index in [2.05, 4.69) is 12.1 Å². The number of benzene rings is 1. The molecule has 3 rings (SSSR count). The number of nitriles is 1. The van der Waals surface area contributed by atoms with Crippen molar-refractivity contribution in [3.63, 3.8) is 0 Å². The SMILES string of the molecule is Cc1cccc(C2(C#N)CCC3(CC2)C(O)CCC3O)c1. The molecule has 2 fully saturated rings. The Labute approximate surface area is 126 Å². The molecule has 0 aromatic heterocycles. The molecule has 0 aliphatic heterocycles. The average molecular weight is 285 g/mol. The Morgan fingerprint density at radius 1 is 1.10 bits per heavy atom. The van der Waals surface area contributed by atoms with Crippen LogP contribution in [0.2, 0.25) is 0 Å². The van der Waals surface area contributed by atoms with E-state index in [1.54, 1.807) is 0 Å². The lowest BCUT2D eigenvalue weighted by Gasteiger charge is -2.45. The number of rotatable bonds is 1. The Bertz CT molecular complexity index is 555. The van der Waals surface area contributed by atoms with Crippen molar-refractivity contribution in [1.29, 1.82) is 5.26 Å². The first kappa shape index (κ1) is 14.6. The van der Waals surface area contributed by atoms with Gasteiger partial charge >= 0.3 is 0 Å². The van der Waals surface area contributed by atoms with E-state index in [0.29, 0.717) is 12.8 Å². The molecule has 2 atom stereocenters. The largest absolute Gasteiger partial charge is 0.392 e. The zero-order valence-electron chi connectivity index (χ0n) is 12.5. The molecule has 1 aromatic rings. The van der Waals surface area contributed by atoms with Crippen LogP contribution in [0.3, 0.4) is 0 Å². The fourth-order valence-electron chi connectivity index (χ4n) is 4.33. The molecule has 2 N–H and O–H groups in total. The second kappa shape index (κ2) is 5.12. The number of hydrogen-bond acceptors (Lipinski definition) is 3. The van der Waals surface area contributed by atoms with Gasteiger partial charge in [0.25, 0.3) is 0 Å². The van der Waals surface area contributed by atoms with Gasteiger partial charge in [0.05, 0.1) is 23.7 Å². The molecule has 2 unspecified atom stereocenters. The molecule has 21 heavy (non-hydrogen) atoms. The molecule has 0 amide bonds. The van der Waals surface area contributed by atoms with Crippen molar-refractivity contribution >= 4 is 0 Å². The average Bonchev–Trinajstić information content (AvgIpc) is 2.77. The van der Waals surface area contributed by atoms with Crippen molar-refractivity contribution in [2.75, 3.05) is 0 Å². The Kier molecular flexibility index (Phi) is 3.55. The van der Waals surface area contributed by atoms with E-state index in [-0.39, 0.29) is 5.41 Å². The third-order valence-corrected chi connectivity index (χ3v) is 5.86. The van der Waals surface area contributed by atoms with Crippen LogP contribution in [0.1, 0.15) is 49.7 Å². The Morgan fingerprint density at radius 3 is 2.24 bits per heavy atom. The van der Waals surface area contributed by atoms with Gasteiger partial charge in [-0.2, -0.15) is 5.26 Å². The van der Waals surface area contributed by atoms with E-state index in [9.17, 15) is 15.5 Å². The van der Waals surface area contributed by atoms with Gasteiger partial charge in [0.1, 0.15) is 0 Å². The van der Waals surface area contributed by atoms with Gasteiger partial charge in [-0.1, -0.05) is 29.8 Å². The molecule has 1 spiro atoms. The summed E-state index contributed by atoms with van der Waals surface area (Å²) >= 11 is 0. The van der Waals surface area contributed by atoms with Gasteiger partial charge in [0, 0.05) is 5.41 Å². The van der Waals surface area contributed by atoms with E-state index >= 15 is 0 Å². The number of aliphatic hydroxyl groups is 2. The number of aliphatic hydroxyl groups excluding tert-OH is 2. The first-order valence-corrected chi connectivity index (χ1v) is 7.87. The fraction of sp³-hybridized carbons (Fsp3) is 0.611. The first-order chi connectivity index (χ1) is 10.0. The molecule has 0 saturated heterocycles. The molecule has 2 aliphatic carbocycles. The Hall–Kier alpha value is -1.37. The third kappa shape index (κ3) is 2.18. The van der Waals surface area contributed by atoms with Crippen LogP contribution in [0.5, 0.6) is 0 Å². The predicted molar refractivity (Wildman–Crippen MR) is 80.6 cm³/mol. The molecule has 0 bridgehead atoms. The highest BCUT2D eigenvalue weighted by molar-refractivity contribution is 5.36. The van der Waals surface area contributed by atoms with Gasteiger partial charge in [0.15, 0.2) is 0 Å². The van der Waals surface area contributed by atoms with E-state index in [1.807, 2.05) is 25.1 Å². The summed E-state index contributed by atoms with van der Waals surface area (Å²) in [7, 11) is 0. The van der Waals surface area contributed by atoms with Crippen LogP contribution in [0, 0.1) is 23.7 Å². The standard InChI is InChI=1S/C18H23NO2/c1-13-3-2-4-14(11-13)17(12-19)7-9-18(10-8-17)15(20)5-6-16(18)21/h2-4,11,15-16,20-21H,5-10H2,1H3. The highest BCUT2D eigenvalue weighted by Gasteiger charge is 2.53. The van der Waals surface area contributed by atoms with E-state index < -0.39 is 17.6 Å². The maximum absolute atomic E-state index is 10.3. The van der Waals surface area contributed by atoms with Gasteiger partial charge in [-0.3, -0.25) is 0 Å². The lowest BCUT2D eigenvalue weighted by Crippen LogP contribution is -2.45. The second-order valence-electron chi connectivity index (χ2n) is 6.91. The van der Waals surface area contributed by atoms with Crippen LogP contribution in [-0.2, 0) is 5.41 Å². The smallest absolute Gasteiger partial charge is 0.0823 e. The number of aryl methyl sites for hydroxylation is 1. The quantitative estimate of drug-likeness (QED) is 0.834. The maximum Gasteiger partial charge on any atom is 0.0823 e. The zero-order valence-corrected chi connectivity index (χ0v) is 12.5. The molecule has 112 valence electrons. The summed E-state index contributed by atoms with van der Waals surface area (Å²) in [4.78, 5) is 0. The summed E-state index contributed by atoms with van der Waals surface area (Å²) in [5.41, 5.74) is 1.42. The summed E-state index contributed by atoms with van der Waals surface area (Å²) in [5.74, 6) is 0.